The minimum atomic E-state index is -4.04. The van der Waals surface area contributed by atoms with Crippen molar-refractivity contribution in [2.45, 2.75) is 23.5 Å². The van der Waals surface area contributed by atoms with Gasteiger partial charge in [-0.15, -0.1) is 11.3 Å². The van der Waals surface area contributed by atoms with Crippen molar-refractivity contribution in [2.75, 3.05) is 13.1 Å². The molecule has 1 unspecified atom stereocenters. The molecular formula is C10H12F2N2O4S2. The minimum Gasteiger partial charge on any atom is -0.481 e. The molecule has 1 aromatic rings. The largest absolute Gasteiger partial charge is 0.481 e. The number of hydrogen-bond donors (Lipinski definition) is 1. The number of thiazole rings is 1. The van der Waals surface area contributed by atoms with Crippen molar-refractivity contribution < 1.29 is 27.1 Å². The summed E-state index contributed by atoms with van der Waals surface area (Å²) < 4.78 is 52.3. The number of aliphatic carboxylic acids is 1. The zero-order valence-corrected chi connectivity index (χ0v) is 12.0. The smallest absolute Gasteiger partial charge is 0.312 e. The number of halogens is 2. The molecule has 1 aliphatic rings. The van der Waals surface area contributed by atoms with E-state index in [0.29, 0.717) is 9.31 Å². The molecule has 1 N–H and O–H groups in total. The summed E-state index contributed by atoms with van der Waals surface area (Å²) in [5.41, 5.74) is 0. The Kier molecular flexibility index (Phi) is 3.82. The van der Waals surface area contributed by atoms with Crippen LogP contribution in [0.3, 0.4) is 0 Å². The summed E-state index contributed by atoms with van der Waals surface area (Å²) in [6.45, 7) is 0.240. The Morgan fingerprint density at radius 2 is 2.25 bits per heavy atom. The lowest BCUT2D eigenvalue weighted by Gasteiger charge is -2.35. The fourth-order valence-electron chi connectivity index (χ4n) is 2.01. The topological polar surface area (TPSA) is 87.6 Å². The molecule has 0 amide bonds. The van der Waals surface area contributed by atoms with Crippen molar-refractivity contribution in [3.05, 3.63) is 11.2 Å². The van der Waals surface area contributed by atoms with Crippen LogP contribution in [0.15, 0.2) is 10.4 Å². The minimum absolute atomic E-state index is 0.112. The summed E-state index contributed by atoms with van der Waals surface area (Å²) >= 11 is 0.894. The summed E-state index contributed by atoms with van der Waals surface area (Å²) in [6, 6.07) is 0. The van der Waals surface area contributed by atoms with E-state index in [2.05, 4.69) is 4.98 Å². The fraction of sp³-hybridized carbons (Fsp3) is 0.600. The Bertz CT molecular complexity index is 629. The number of aryl methyl sites for hydroxylation is 1. The van der Waals surface area contributed by atoms with Crippen molar-refractivity contribution in [3.63, 3.8) is 0 Å². The number of aromatic nitrogens is 1. The van der Waals surface area contributed by atoms with E-state index in [1.54, 1.807) is 6.92 Å². The van der Waals surface area contributed by atoms with Gasteiger partial charge in [0.25, 0.3) is 15.9 Å². The maximum Gasteiger partial charge on any atom is 0.312 e. The van der Waals surface area contributed by atoms with Gasteiger partial charge in [0.15, 0.2) is 4.21 Å². The Labute approximate surface area is 118 Å². The number of nitrogens with zero attached hydrogens (tertiary/aromatic N) is 2. The van der Waals surface area contributed by atoms with Crippen LogP contribution in [0.25, 0.3) is 0 Å². The molecule has 0 aromatic carbocycles. The van der Waals surface area contributed by atoms with Crippen molar-refractivity contribution in [3.8, 4) is 0 Å². The van der Waals surface area contributed by atoms with Gasteiger partial charge in [-0.2, -0.15) is 4.31 Å². The predicted molar refractivity (Wildman–Crippen MR) is 66.3 cm³/mol. The van der Waals surface area contributed by atoms with Crippen LogP contribution in [0.1, 0.15) is 11.4 Å². The highest BCUT2D eigenvalue weighted by atomic mass is 32.2. The van der Waals surface area contributed by atoms with E-state index in [9.17, 15) is 22.0 Å². The van der Waals surface area contributed by atoms with Gasteiger partial charge in [0, 0.05) is 6.54 Å². The standard InChI is InChI=1S/C10H12F2N2O4S2/c1-6-13-4-8(19-6)20(17,18)14-3-2-7(9(15)16)10(11,12)5-14/h4,7H,2-3,5H2,1H3,(H,15,16). The van der Waals surface area contributed by atoms with E-state index in [1.165, 1.54) is 0 Å². The monoisotopic (exact) mass is 326 g/mol. The molecule has 1 fully saturated rings. The first-order valence-corrected chi connectivity index (χ1v) is 7.93. The van der Waals surface area contributed by atoms with E-state index in [1.807, 2.05) is 0 Å². The molecule has 112 valence electrons. The maximum atomic E-state index is 13.7. The molecule has 0 aliphatic carbocycles. The average Bonchev–Trinajstić information content (AvgIpc) is 2.74. The van der Waals surface area contributed by atoms with Gasteiger partial charge in [0.05, 0.1) is 17.7 Å². The highest BCUT2D eigenvalue weighted by Gasteiger charge is 2.51. The summed E-state index contributed by atoms with van der Waals surface area (Å²) in [7, 11) is -4.04. The molecule has 0 bridgehead atoms. The predicted octanol–water partition coefficient (Wildman–Crippen LogP) is 1.18. The first kappa shape index (κ1) is 15.3. The molecule has 1 aromatic heterocycles. The van der Waals surface area contributed by atoms with E-state index >= 15 is 0 Å². The third-order valence-corrected chi connectivity index (χ3v) is 6.25. The molecule has 10 heteroatoms. The third-order valence-electron chi connectivity index (χ3n) is 3.06. The number of carboxylic acid groups (broad SMARTS) is 1. The summed E-state index contributed by atoms with van der Waals surface area (Å²) in [5.74, 6) is -7.05. The van der Waals surface area contributed by atoms with Gasteiger partial charge in [-0.3, -0.25) is 4.79 Å². The van der Waals surface area contributed by atoms with Gasteiger partial charge >= 0.3 is 5.97 Å². The number of alkyl halides is 2. The second-order valence-electron chi connectivity index (χ2n) is 4.48. The average molecular weight is 326 g/mol. The number of carboxylic acids is 1. The molecule has 1 aliphatic heterocycles. The van der Waals surface area contributed by atoms with Gasteiger partial charge in [0.1, 0.15) is 5.92 Å². The zero-order valence-electron chi connectivity index (χ0n) is 10.4. The molecule has 20 heavy (non-hydrogen) atoms. The summed E-state index contributed by atoms with van der Waals surface area (Å²) in [6.07, 6.45) is 0.704. The molecule has 0 saturated carbocycles. The van der Waals surface area contributed by atoms with Gasteiger partial charge in [0.2, 0.25) is 0 Å². The molecule has 2 rings (SSSR count). The number of rotatable bonds is 3. The van der Waals surface area contributed by atoms with Crippen molar-refractivity contribution in [1.82, 2.24) is 9.29 Å². The van der Waals surface area contributed by atoms with Crippen LogP contribution in [0.4, 0.5) is 8.78 Å². The van der Waals surface area contributed by atoms with Crippen LogP contribution in [0.2, 0.25) is 0 Å². The van der Waals surface area contributed by atoms with Crippen molar-refractivity contribution >= 4 is 27.3 Å². The maximum absolute atomic E-state index is 13.7. The first-order valence-electron chi connectivity index (χ1n) is 5.68. The van der Waals surface area contributed by atoms with E-state index in [-0.39, 0.29) is 10.8 Å². The number of piperidine rings is 1. The number of sulfonamides is 1. The van der Waals surface area contributed by atoms with Gasteiger partial charge in [-0.25, -0.2) is 22.2 Å². The first-order chi connectivity index (χ1) is 9.14. The highest BCUT2D eigenvalue weighted by Crippen LogP contribution is 2.36. The molecule has 0 spiro atoms. The molecule has 0 radical (unpaired) electrons. The lowest BCUT2D eigenvalue weighted by Crippen LogP contribution is -2.52. The van der Waals surface area contributed by atoms with Gasteiger partial charge < -0.3 is 5.11 Å². The Morgan fingerprint density at radius 3 is 2.70 bits per heavy atom. The van der Waals surface area contributed by atoms with E-state index in [4.69, 9.17) is 5.11 Å². The molecular weight excluding hydrogens is 314 g/mol. The molecule has 1 atom stereocenters. The lowest BCUT2D eigenvalue weighted by atomic mass is 9.94. The molecule has 2 heterocycles. The van der Waals surface area contributed by atoms with Crippen LogP contribution in [0, 0.1) is 12.8 Å². The van der Waals surface area contributed by atoms with Crippen LogP contribution in [0.5, 0.6) is 0 Å². The highest BCUT2D eigenvalue weighted by molar-refractivity contribution is 7.91. The van der Waals surface area contributed by atoms with Crippen LogP contribution < -0.4 is 0 Å². The third kappa shape index (κ3) is 2.67. The van der Waals surface area contributed by atoms with Crippen LogP contribution >= 0.6 is 11.3 Å². The second kappa shape index (κ2) is 5.01. The Balaban J connectivity index is 2.26. The van der Waals surface area contributed by atoms with E-state index in [0.717, 1.165) is 17.5 Å². The SMILES string of the molecule is Cc1ncc(S(=O)(=O)N2CCC(C(=O)O)C(F)(F)C2)s1. The molecule has 6 nitrogen and oxygen atoms in total. The van der Waals surface area contributed by atoms with Gasteiger partial charge in [-0.1, -0.05) is 0 Å². The normalized spacial score (nSPS) is 23.6. The Hall–Kier alpha value is -1.13. The number of carbonyl (C=O) groups is 1. The van der Waals surface area contributed by atoms with Crippen LogP contribution in [-0.4, -0.2) is 47.8 Å². The fourth-order valence-corrected chi connectivity index (χ4v) is 4.74. The number of hydrogen-bond acceptors (Lipinski definition) is 5. The van der Waals surface area contributed by atoms with Gasteiger partial charge in [-0.05, 0) is 13.3 Å². The van der Waals surface area contributed by atoms with Crippen LogP contribution in [-0.2, 0) is 14.8 Å². The summed E-state index contributed by atoms with van der Waals surface area (Å²) in [4.78, 5) is 14.5. The van der Waals surface area contributed by atoms with Crippen molar-refractivity contribution in [1.29, 1.82) is 0 Å². The quantitative estimate of drug-likeness (QED) is 0.901. The zero-order chi connectivity index (χ0) is 15.1. The lowest BCUT2D eigenvalue weighted by molar-refractivity contribution is -0.163. The second-order valence-corrected chi connectivity index (χ2v) is 7.88. The molecule has 1 saturated heterocycles. The van der Waals surface area contributed by atoms with Crippen molar-refractivity contribution in [2.24, 2.45) is 5.92 Å². The summed E-state index contributed by atoms with van der Waals surface area (Å²) in [5, 5.41) is 9.24. The Morgan fingerprint density at radius 1 is 1.60 bits per heavy atom. The van der Waals surface area contributed by atoms with E-state index < -0.39 is 40.8 Å².